The van der Waals surface area contributed by atoms with Gasteiger partial charge in [0.15, 0.2) is 11.5 Å². The van der Waals surface area contributed by atoms with E-state index in [9.17, 15) is 9.59 Å². The number of urea groups is 1. The Hall–Kier alpha value is -2.80. The van der Waals surface area contributed by atoms with Crippen LogP contribution in [0.4, 0.5) is 4.79 Å². The van der Waals surface area contributed by atoms with E-state index in [1.165, 1.54) is 12.0 Å². The number of imide groups is 1. The molecule has 6 nitrogen and oxygen atoms in total. The fraction of sp³-hybridized carbons (Fsp3) is 0.200. The number of nitrogens with zero attached hydrogens (tertiary/aromatic N) is 1. The fourth-order valence-electron chi connectivity index (χ4n) is 2.90. The van der Waals surface area contributed by atoms with Gasteiger partial charge in [-0.1, -0.05) is 29.8 Å². The van der Waals surface area contributed by atoms with Crippen molar-refractivity contribution in [3.05, 3.63) is 63.3 Å². The average molecular weight is 431 g/mol. The summed E-state index contributed by atoms with van der Waals surface area (Å²) in [6.07, 6.45) is 1.61. The molecule has 0 aromatic heterocycles. The summed E-state index contributed by atoms with van der Waals surface area (Å²) >= 11 is 3.42. The molecular weight excluding hydrogens is 412 g/mol. The first-order valence-electron chi connectivity index (χ1n) is 8.24. The number of rotatable bonds is 5. The van der Waals surface area contributed by atoms with Crippen molar-refractivity contribution in [1.29, 1.82) is 0 Å². The number of amides is 3. The minimum atomic E-state index is -0.438. The minimum Gasteiger partial charge on any atom is -0.493 e. The maximum atomic E-state index is 12.7. The minimum absolute atomic E-state index is 0.215. The third kappa shape index (κ3) is 3.98. The number of aryl methyl sites for hydroxylation is 1. The van der Waals surface area contributed by atoms with E-state index >= 15 is 0 Å². The van der Waals surface area contributed by atoms with Gasteiger partial charge in [0.2, 0.25) is 0 Å². The van der Waals surface area contributed by atoms with E-state index in [4.69, 9.17) is 9.47 Å². The zero-order valence-corrected chi connectivity index (χ0v) is 16.8. The van der Waals surface area contributed by atoms with Gasteiger partial charge in [0.25, 0.3) is 5.91 Å². The molecule has 0 radical (unpaired) electrons. The highest BCUT2D eigenvalue weighted by molar-refractivity contribution is 9.10. The summed E-state index contributed by atoms with van der Waals surface area (Å²) in [6, 6.07) is 10.8. The number of carbonyl (C=O) groups excluding carboxylic acids is 2. The van der Waals surface area contributed by atoms with Crippen molar-refractivity contribution in [2.45, 2.75) is 13.5 Å². The average Bonchev–Trinajstić information content (AvgIpc) is 2.88. The summed E-state index contributed by atoms with van der Waals surface area (Å²) in [4.78, 5) is 26.1. The number of hydrogen-bond donors (Lipinski definition) is 1. The van der Waals surface area contributed by atoms with E-state index in [1.54, 1.807) is 25.3 Å². The molecule has 1 aliphatic heterocycles. The molecular formula is C20H19BrN2O4. The lowest BCUT2D eigenvalue weighted by atomic mass is 10.1. The molecule has 1 N–H and O–H groups in total. The second kappa shape index (κ2) is 7.84. The van der Waals surface area contributed by atoms with Crippen molar-refractivity contribution in [2.75, 3.05) is 14.2 Å². The Morgan fingerprint density at radius 3 is 2.59 bits per heavy atom. The first-order chi connectivity index (χ1) is 12.9. The Morgan fingerprint density at radius 2 is 1.93 bits per heavy atom. The van der Waals surface area contributed by atoms with Crippen molar-refractivity contribution >= 4 is 33.9 Å². The highest BCUT2D eigenvalue weighted by Crippen LogP contribution is 2.37. The molecule has 7 heteroatoms. The molecule has 3 amide bonds. The lowest BCUT2D eigenvalue weighted by molar-refractivity contribution is -0.123. The molecule has 1 saturated heterocycles. The summed E-state index contributed by atoms with van der Waals surface area (Å²) in [5, 5.41) is 2.63. The lowest BCUT2D eigenvalue weighted by Gasteiger charge is -2.12. The number of halogens is 1. The predicted molar refractivity (Wildman–Crippen MR) is 105 cm³/mol. The van der Waals surface area contributed by atoms with Crippen LogP contribution in [0.25, 0.3) is 6.08 Å². The van der Waals surface area contributed by atoms with Gasteiger partial charge in [-0.05, 0) is 52.2 Å². The zero-order chi connectivity index (χ0) is 19.6. The summed E-state index contributed by atoms with van der Waals surface area (Å²) in [7, 11) is 3.08. The third-order valence-corrected chi connectivity index (χ3v) is 4.74. The van der Waals surface area contributed by atoms with Crippen molar-refractivity contribution in [3.8, 4) is 11.5 Å². The monoisotopic (exact) mass is 430 g/mol. The summed E-state index contributed by atoms with van der Waals surface area (Å²) < 4.78 is 11.3. The molecule has 1 aliphatic rings. The Kier molecular flexibility index (Phi) is 5.51. The van der Waals surface area contributed by atoms with E-state index < -0.39 is 6.03 Å². The topological polar surface area (TPSA) is 67.9 Å². The smallest absolute Gasteiger partial charge is 0.329 e. The molecule has 2 aromatic rings. The van der Waals surface area contributed by atoms with E-state index in [1.807, 2.05) is 31.2 Å². The first kappa shape index (κ1) is 19.0. The van der Waals surface area contributed by atoms with Gasteiger partial charge in [0, 0.05) is 0 Å². The van der Waals surface area contributed by atoms with Crippen molar-refractivity contribution in [3.63, 3.8) is 0 Å². The van der Waals surface area contributed by atoms with E-state index in [0.717, 1.165) is 11.1 Å². The normalized spacial score (nSPS) is 15.3. The molecule has 0 spiro atoms. The van der Waals surface area contributed by atoms with Crippen LogP contribution < -0.4 is 14.8 Å². The highest BCUT2D eigenvalue weighted by atomic mass is 79.9. The second-order valence-electron chi connectivity index (χ2n) is 6.11. The highest BCUT2D eigenvalue weighted by Gasteiger charge is 2.33. The van der Waals surface area contributed by atoms with E-state index in [2.05, 4.69) is 21.2 Å². The molecule has 1 fully saturated rings. The third-order valence-electron chi connectivity index (χ3n) is 4.15. The number of methoxy groups -OCH3 is 2. The summed E-state index contributed by atoms with van der Waals surface area (Å²) in [6.45, 7) is 2.19. The van der Waals surface area contributed by atoms with E-state index in [0.29, 0.717) is 21.5 Å². The number of carbonyl (C=O) groups is 2. The molecule has 0 atom stereocenters. The van der Waals surface area contributed by atoms with Crippen LogP contribution in [0.15, 0.2) is 46.6 Å². The molecule has 0 aliphatic carbocycles. The second-order valence-corrected chi connectivity index (χ2v) is 6.96. The maximum Gasteiger partial charge on any atom is 0.329 e. The Morgan fingerprint density at radius 1 is 1.15 bits per heavy atom. The Bertz CT molecular complexity index is 940. The van der Waals surface area contributed by atoms with Crippen LogP contribution in [-0.2, 0) is 11.3 Å². The first-order valence-corrected chi connectivity index (χ1v) is 9.04. The fourth-order valence-corrected chi connectivity index (χ4v) is 3.52. The number of ether oxygens (including phenoxy) is 2. The van der Waals surface area contributed by atoms with Gasteiger partial charge in [-0.3, -0.25) is 9.69 Å². The molecule has 140 valence electrons. The number of hydrogen-bond acceptors (Lipinski definition) is 4. The molecule has 2 aromatic carbocycles. The van der Waals surface area contributed by atoms with Gasteiger partial charge in [0.1, 0.15) is 5.70 Å². The molecule has 0 saturated carbocycles. The van der Waals surface area contributed by atoms with Crippen molar-refractivity contribution in [1.82, 2.24) is 10.2 Å². The van der Waals surface area contributed by atoms with Crippen LogP contribution in [0, 0.1) is 6.92 Å². The van der Waals surface area contributed by atoms with Gasteiger partial charge in [0.05, 0.1) is 25.2 Å². The van der Waals surface area contributed by atoms with Gasteiger partial charge in [-0.15, -0.1) is 0 Å². The van der Waals surface area contributed by atoms with Gasteiger partial charge in [-0.2, -0.15) is 0 Å². The van der Waals surface area contributed by atoms with Gasteiger partial charge >= 0.3 is 6.03 Å². The number of nitrogens with one attached hydrogen (secondary N) is 1. The Balaban J connectivity index is 1.87. The van der Waals surface area contributed by atoms with Gasteiger partial charge in [-0.25, -0.2) is 4.79 Å². The van der Waals surface area contributed by atoms with Crippen LogP contribution in [0.1, 0.15) is 16.7 Å². The standard InChI is InChI=1S/C20H19BrN2O4/c1-12-5-4-6-13(7-12)11-23-19(24)16(22-20(23)25)9-14-8-15(21)18(27-3)17(10-14)26-2/h4-10H,11H2,1-3H3,(H,22,25)/b16-9-. The van der Waals surface area contributed by atoms with Crippen molar-refractivity contribution in [2.24, 2.45) is 0 Å². The molecule has 0 unspecified atom stereocenters. The van der Waals surface area contributed by atoms with Crippen LogP contribution in [0.3, 0.4) is 0 Å². The van der Waals surface area contributed by atoms with Crippen LogP contribution in [0.2, 0.25) is 0 Å². The quantitative estimate of drug-likeness (QED) is 0.577. The maximum absolute atomic E-state index is 12.7. The molecule has 27 heavy (non-hydrogen) atoms. The van der Waals surface area contributed by atoms with E-state index in [-0.39, 0.29) is 18.1 Å². The van der Waals surface area contributed by atoms with Crippen LogP contribution in [0.5, 0.6) is 11.5 Å². The largest absolute Gasteiger partial charge is 0.493 e. The molecule has 1 heterocycles. The predicted octanol–water partition coefficient (Wildman–Crippen LogP) is 3.87. The van der Waals surface area contributed by atoms with Crippen LogP contribution in [-0.4, -0.2) is 31.1 Å². The SMILES string of the molecule is COc1cc(/C=C2\NC(=O)N(Cc3cccc(C)c3)C2=O)cc(Br)c1OC. The van der Waals surface area contributed by atoms with Crippen LogP contribution >= 0.6 is 15.9 Å². The zero-order valence-electron chi connectivity index (χ0n) is 15.2. The Labute approximate surface area is 165 Å². The van der Waals surface area contributed by atoms with Gasteiger partial charge < -0.3 is 14.8 Å². The molecule has 3 rings (SSSR count). The summed E-state index contributed by atoms with van der Waals surface area (Å²) in [5.74, 6) is 0.710. The molecule has 0 bridgehead atoms. The van der Waals surface area contributed by atoms with Crippen molar-refractivity contribution < 1.29 is 19.1 Å². The summed E-state index contributed by atoms with van der Waals surface area (Å²) in [5.41, 5.74) is 2.88. The number of benzene rings is 2. The lowest BCUT2D eigenvalue weighted by Crippen LogP contribution is -2.30.